The van der Waals surface area contributed by atoms with Crippen molar-refractivity contribution >= 4 is 40.1 Å². The molecule has 206 valence electrons. The number of alkyl halides is 3. The Kier molecular flexibility index (Phi) is 9.28. The van der Waals surface area contributed by atoms with Gasteiger partial charge in [0.15, 0.2) is 0 Å². The van der Waals surface area contributed by atoms with Gasteiger partial charge in [-0.15, -0.1) is 16.0 Å². The lowest BCUT2D eigenvalue weighted by Crippen LogP contribution is -2.50. The van der Waals surface area contributed by atoms with E-state index in [0.717, 1.165) is 31.1 Å². The van der Waals surface area contributed by atoms with Gasteiger partial charge >= 0.3 is 28.6 Å². The Morgan fingerprint density at radius 2 is 1.94 bits per heavy atom. The fourth-order valence-electron chi connectivity index (χ4n) is 4.30. The number of carboxylic acid groups (broad SMARTS) is 1. The first-order valence-electron chi connectivity index (χ1n) is 10.8. The molecule has 4 saturated heterocycles. The highest BCUT2D eigenvalue weighted by Crippen LogP contribution is 2.30. The Balaban J connectivity index is 0.000000454. The van der Waals surface area contributed by atoms with Gasteiger partial charge in [0.2, 0.25) is 0 Å². The summed E-state index contributed by atoms with van der Waals surface area (Å²) in [6, 6.07) is -1.44. The van der Waals surface area contributed by atoms with Crippen molar-refractivity contribution < 1.29 is 54.8 Å². The van der Waals surface area contributed by atoms with Crippen molar-refractivity contribution in [3.05, 3.63) is 0 Å². The average Bonchev–Trinajstić information content (AvgIpc) is 3.51. The molecule has 14 nitrogen and oxygen atoms in total. The van der Waals surface area contributed by atoms with Crippen LogP contribution in [0.1, 0.15) is 19.3 Å². The highest BCUT2D eigenvalue weighted by atomic mass is 32.3. The summed E-state index contributed by atoms with van der Waals surface area (Å²) in [6.45, 7) is 2.47. The molecule has 19 heteroatoms. The second-order valence-corrected chi connectivity index (χ2v) is 10.5. The van der Waals surface area contributed by atoms with Crippen LogP contribution in [0.25, 0.3) is 0 Å². The highest BCUT2D eigenvalue weighted by molar-refractivity contribution is 7.99. The number of hydrogen-bond donors (Lipinski definition) is 4. The summed E-state index contributed by atoms with van der Waals surface area (Å²) in [4.78, 5) is 42.8. The van der Waals surface area contributed by atoms with Crippen LogP contribution < -0.4 is 10.8 Å². The van der Waals surface area contributed by atoms with Crippen LogP contribution in [0.3, 0.4) is 0 Å². The standard InChI is InChI=1S/C15H25N5O7S2.C2HF3O2/c21-14(17-26-8-10-5-12(6-16-10)18-3-4-28-9-18)13-2-1-11-7-19(13)15(22)20(11)27-29(23,24)25;3-2(4,5)1(6)7/h10-13,16H,1-9H2,(H,17,21)(H,23,24,25);(H,6,7)/t10-,11-,12+,13+;/m1./s1. The lowest BCUT2D eigenvalue weighted by Gasteiger charge is -2.29. The Bertz CT molecular complexity index is 935. The monoisotopic (exact) mass is 565 g/mol. The third-order valence-electron chi connectivity index (χ3n) is 5.99. The number of hydrogen-bond acceptors (Lipinski definition) is 10. The van der Waals surface area contributed by atoms with Gasteiger partial charge < -0.3 is 15.3 Å². The molecule has 4 aliphatic heterocycles. The molecule has 4 N–H and O–H groups in total. The van der Waals surface area contributed by atoms with Gasteiger partial charge in [0.1, 0.15) is 6.04 Å². The summed E-state index contributed by atoms with van der Waals surface area (Å²) in [5.41, 5.74) is 2.41. The van der Waals surface area contributed by atoms with Gasteiger partial charge in [-0.25, -0.2) is 15.1 Å². The largest absolute Gasteiger partial charge is 0.490 e. The van der Waals surface area contributed by atoms with Crippen LogP contribution in [0.2, 0.25) is 0 Å². The fraction of sp³-hybridized carbons (Fsp3) is 0.824. The number of carboxylic acids is 1. The first-order valence-corrected chi connectivity index (χ1v) is 13.3. The van der Waals surface area contributed by atoms with Crippen molar-refractivity contribution in [1.29, 1.82) is 0 Å². The zero-order valence-electron chi connectivity index (χ0n) is 18.7. The number of hydroxylamine groups is 3. The third-order valence-corrected chi connectivity index (χ3v) is 7.33. The molecular formula is C17H26F3N5O9S2. The van der Waals surface area contributed by atoms with Crippen LogP contribution >= 0.6 is 11.8 Å². The topological polar surface area (TPSA) is 178 Å². The van der Waals surface area contributed by atoms with Gasteiger partial charge in [0, 0.05) is 43.3 Å². The molecule has 4 atom stereocenters. The van der Waals surface area contributed by atoms with E-state index < -0.39 is 46.6 Å². The normalized spacial score (nSPS) is 28.7. The van der Waals surface area contributed by atoms with Crippen molar-refractivity contribution in [2.45, 2.75) is 49.6 Å². The van der Waals surface area contributed by atoms with Gasteiger partial charge in [-0.2, -0.15) is 26.7 Å². The van der Waals surface area contributed by atoms with E-state index in [9.17, 15) is 31.2 Å². The van der Waals surface area contributed by atoms with Crippen molar-refractivity contribution in [3.63, 3.8) is 0 Å². The Morgan fingerprint density at radius 3 is 2.53 bits per heavy atom. The molecule has 0 saturated carbocycles. The Morgan fingerprint density at radius 1 is 1.25 bits per heavy atom. The second kappa shape index (κ2) is 11.7. The fourth-order valence-corrected chi connectivity index (χ4v) is 5.76. The highest BCUT2D eigenvalue weighted by Gasteiger charge is 2.49. The molecule has 0 aromatic carbocycles. The van der Waals surface area contributed by atoms with Crippen LogP contribution in [-0.2, 0) is 29.1 Å². The smallest absolute Gasteiger partial charge is 0.475 e. The van der Waals surface area contributed by atoms with Crippen molar-refractivity contribution in [2.75, 3.05) is 37.9 Å². The summed E-state index contributed by atoms with van der Waals surface area (Å²) in [6.07, 6.45) is -3.42. The third kappa shape index (κ3) is 7.56. The van der Waals surface area contributed by atoms with E-state index in [4.69, 9.17) is 19.3 Å². The van der Waals surface area contributed by atoms with E-state index in [1.165, 1.54) is 4.90 Å². The molecular weight excluding hydrogens is 539 g/mol. The molecule has 3 amide bonds. The van der Waals surface area contributed by atoms with Crippen molar-refractivity contribution in [1.82, 2.24) is 25.7 Å². The van der Waals surface area contributed by atoms with E-state index in [1.807, 2.05) is 11.8 Å². The van der Waals surface area contributed by atoms with Crippen LogP contribution in [0, 0.1) is 0 Å². The molecule has 36 heavy (non-hydrogen) atoms. The van der Waals surface area contributed by atoms with E-state index in [2.05, 4.69) is 20.0 Å². The molecule has 4 rings (SSSR count). The number of fused-ring (bicyclic) bond motifs is 2. The van der Waals surface area contributed by atoms with Gasteiger partial charge in [-0.3, -0.25) is 19.1 Å². The molecule has 0 aromatic heterocycles. The second-order valence-electron chi connectivity index (χ2n) is 8.43. The number of nitrogens with one attached hydrogen (secondary N) is 2. The van der Waals surface area contributed by atoms with Gasteiger partial charge in [-0.1, -0.05) is 0 Å². The average molecular weight is 566 g/mol. The molecule has 4 heterocycles. The minimum atomic E-state index is -5.08. The van der Waals surface area contributed by atoms with Crippen LogP contribution in [0.4, 0.5) is 18.0 Å². The van der Waals surface area contributed by atoms with E-state index in [1.54, 1.807) is 0 Å². The number of carbonyl (C=O) groups is 3. The predicted molar refractivity (Wildman–Crippen MR) is 115 cm³/mol. The summed E-state index contributed by atoms with van der Waals surface area (Å²) in [7, 11) is -4.81. The summed E-state index contributed by atoms with van der Waals surface area (Å²) >= 11 is 1.93. The molecule has 0 radical (unpaired) electrons. The number of urea groups is 1. The number of piperidine rings is 1. The minimum Gasteiger partial charge on any atom is -0.475 e. The van der Waals surface area contributed by atoms with Gasteiger partial charge in [0.05, 0.1) is 12.6 Å². The van der Waals surface area contributed by atoms with Crippen LogP contribution in [0.5, 0.6) is 0 Å². The summed E-state index contributed by atoms with van der Waals surface area (Å²) < 4.78 is 66.8. The molecule has 4 aliphatic rings. The zero-order chi connectivity index (χ0) is 26.7. The van der Waals surface area contributed by atoms with E-state index in [-0.39, 0.29) is 12.6 Å². The van der Waals surface area contributed by atoms with E-state index in [0.29, 0.717) is 30.6 Å². The molecule has 0 spiro atoms. The lowest BCUT2D eigenvalue weighted by molar-refractivity contribution is -0.192. The summed E-state index contributed by atoms with van der Waals surface area (Å²) in [5.74, 6) is -0.997. The maximum absolute atomic E-state index is 12.5. The Hall–Kier alpha value is -1.90. The van der Waals surface area contributed by atoms with Crippen molar-refractivity contribution in [3.8, 4) is 0 Å². The first kappa shape index (κ1) is 28.7. The molecule has 0 aromatic rings. The number of carbonyl (C=O) groups excluding carboxylic acids is 2. The van der Waals surface area contributed by atoms with Crippen LogP contribution in [0.15, 0.2) is 0 Å². The minimum absolute atomic E-state index is 0.145. The number of aliphatic carboxylic acids is 1. The number of thioether (sulfide) groups is 1. The predicted octanol–water partition coefficient (Wildman–Crippen LogP) is -0.593. The quantitative estimate of drug-likeness (QED) is 0.228. The zero-order valence-corrected chi connectivity index (χ0v) is 20.4. The molecule has 0 aliphatic carbocycles. The number of rotatable bonds is 7. The van der Waals surface area contributed by atoms with Crippen LogP contribution in [-0.4, -0.2) is 119 Å². The number of halogens is 3. The van der Waals surface area contributed by atoms with Gasteiger partial charge in [-0.05, 0) is 19.3 Å². The van der Waals surface area contributed by atoms with Gasteiger partial charge in [0.25, 0.3) is 5.91 Å². The SMILES string of the molecule is O=C(NOC[C@H]1C[C@H](N2CCSC2)CN1)[C@@H]1CC[C@@H]2CN1C(=O)N2OS(=O)(=O)O.O=C(O)C(F)(F)F. The van der Waals surface area contributed by atoms with Crippen molar-refractivity contribution in [2.24, 2.45) is 0 Å². The maximum Gasteiger partial charge on any atom is 0.490 e. The lowest BCUT2D eigenvalue weighted by atomic mass is 10.0. The maximum atomic E-state index is 12.5. The number of amides is 3. The van der Waals surface area contributed by atoms with E-state index >= 15 is 0 Å². The molecule has 0 unspecified atom stereocenters. The summed E-state index contributed by atoms with van der Waals surface area (Å²) in [5, 5.41) is 11.1. The molecule has 4 fully saturated rings. The Labute approximate surface area is 208 Å². The first-order chi connectivity index (χ1) is 16.8. The number of nitrogens with zero attached hydrogens (tertiary/aromatic N) is 3. The molecule has 2 bridgehead atoms.